The number of carbonyl (C=O) groups excluding carboxylic acids is 1. The first-order valence-electron chi connectivity index (χ1n) is 10.1. The summed E-state index contributed by atoms with van der Waals surface area (Å²) in [5.74, 6) is -0.388. The van der Waals surface area contributed by atoms with Crippen molar-refractivity contribution in [2.45, 2.75) is 69.2 Å². The number of amides is 1. The number of hydrogen-bond donors (Lipinski definition) is 1. The van der Waals surface area contributed by atoms with Gasteiger partial charge in [-0.3, -0.25) is 10.1 Å². The number of aromatic nitrogens is 2. The molecule has 1 saturated carbocycles. The second-order valence-corrected chi connectivity index (χ2v) is 10.5. The van der Waals surface area contributed by atoms with E-state index in [4.69, 9.17) is 0 Å². The Bertz CT molecular complexity index is 937. The zero-order valence-electron chi connectivity index (χ0n) is 16.9. The molecule has 2 aromatic rings. The maximum atomic E-state index is 13.0. The van der Waals surface area contributed by atoms with Gasteiger partial charge in [-0.2, -0.15) is 4.31 Å². The normalized spacial score (nSPS) is 15.6. The number of unbranched alkanes of at least 4 members (excludes halogenated alkanes) is 1. The first-order valence-corrected chi connectivity index (χ1v) is 12.4. The highest BCUT2D eigenvalue weighted by molar-refractivity contribution is 7.89. The van der Waals surface area contributed by atoms with Crippen LogP contribution in [0.5, 0.6) is 0 Å². The van der Waals surface area contributed by atoms with Crippen LogP contribution in [0.1, 0.15) is 67.2 Å². The predicted molar refractivity (Wildman–Crippen MR) is 115 cm³/mol. The van der Waals surface area contributed by atoms with Gasteiger partial charge in [-0.15, -0.1) is 10.2 Å². The molecule has 3 rings (SSSR count). The number of nitrogens with one attached hydrogen (secondary N) is 1. The molecule has 0 spiro atoms. The van der Waals surface area contributed by atoms with Crippen molar-refractivity contribution in [1.29, 1.82) is 0 Å². The predicted octanol–water partition coefficient (Wildman–Crippen LogP) is 4.09. The summed E-state index contributed by atoms with van der Waals surface area (Å²) in [4.78, 5) is 12.7. The molecule has 0 aliphatic heterocycles. The van der Waals surface area contributed by atoms with Crippen LogP contribution in [0.3, 0.4) is 0 Å². The summed E-state index contributed by atoms with van der Waals surface area (Å²) in [6.45, 7) is 2.11. The van der Waals surface area contributed by atoms with Crippen molar-refractivity contribution in [3.05, 3.63) is 34.8 Å². The molecule has 9 heteroatoms. The quantitative estimate of drug-likeness (QED) is 0.673. The van der Waals surface area contributed by atoms with Crippen molar-refractivity contribution in [2.24, 2.45) is 0 Å². The lowest BCUT2D eigenvalue weighted by Crippen LogP contribution is -2.38. The van der Waals surface area contributed by atoms with Crippen molar-refractivity contribution < 1.29 is 13.2 Å². The third kappa shape index (κ3) is 5.40. The molecule has 7 nitrogen and oxygen atoms in total. The van der Waals surface area contributed by atoms with Crippen LogP contribution in [0.2, 0.25) is 0 Å². The second kappa shape index (κ2) is 9.77. The number of benzene rings is 1. The Hall–Kier alpha value is -1.84. The first-order chi connectivity index (χ1) is 13.9. The van der Waals surface area contributed by atoms with Gasteiger partial charge in [0.1, 0.15) is 5.01 Å². The van der Waals surface area contributed by atoms with E-state index in [1.807, 2.05) is 0 Å². The van der Waals surface area contributed by atoms with Gasteiger partial charge in [0.05, 0.1) is 4.90 Å². The molecule has 0 atom stereocenters. The van der Waals surface area contributed by atoms with E-state index in [1.54, 1.807) is 25.2 Å². The SMILES string of the molecule is CCCCc1nnc(NC(=O)c2cccc(S(=O)(=O)N(C)C3CCCCC3)c2)s1. The van der Waals surface area contributed by atoms with Crippen LogP contribution in [-0.4, -0.2) is 41.9 Å². The molecule has 1 amide bonds. The molecule has 29 heavy (non-hydrogen) atoms. The summed E-state index contributed by atoms with van der Waals surface area (Å²) >= 11 is 1.35. The number of aryl methyl sites for hydroxylation is 1. The number of hydrogen-bond acceptors (Lipinski definition) is 6. The highest BCUT2D eigenvalue weighted by Gasteiger charge is 2.29. The zero-order chi connectivity index (χ0) is 20.9. The van der Waals surface area contributed by atoms with Gasteiger partial charge in [0.25, 0.3) is 5.91 Å². The van der Waals surface area contributed by atoms with Crippen molar-refractivity contribution in [3.8, 4) is 0 Å². The van der Waals surface area contributed by atoms with Gasteiger partial charge in [0.2, 0.25) is 15.2 Å². The van der Waals surface area contributed by atoms with E-state index in [2.05, 4.69) is 22.4 Å². The molecule has 1 fully saturated rings. The van der Waals surface area contributed by atoms with E-state index in [0.717, 1.165) is 56.4 Å². The molecule has 158 valence electrons. The Morgan fingerprint density at radius 2 is 2.00 bits per heavy atom. The average Bonchev–Trinajstić information content (AvgIpc) is 3.19. The minimum Gasteiger partial charge on any atom is -0.296 e. The van der Waals surface area contributed by atoms with Crippen molar-refractivity contribution >= 4 is 32.4 Å². The minimum absolute atomic E-state index is 0.0224. The number of sulfonamides is 1. The standard InChI is InChI=1S/C20H28N4O3S2/c1-3-4-13-18-22-23-20(28-18)21-19(25)15-9-8-12-17(14-15)29(26,27)24(2)16-10-6-5-7-11-16/h8-9,12,14,16H,3-7,10-11,13H2,1-2H3,(H,21,23,25). The summed E-state index contributed by atoms with van der Waals surface area (Å²) in [6.07, 6.45) is 7.96. The van der Waals surface area contributed by atoms with Crippen LogP contribution in [0, 0.1) is 0 Å². The number of nitrogens with zero attached hydrogens (tertiary/aromatic N) is 3. The van der Waals surface area contributed by atoms with Crippen LogP contribution >= 0.6 is 11.3 Å². The largest absolute Gasteiger partial charge is 0.296 e. The number of anilines is 1. The van der Waals surface area contributed by atoms with E-state index >= 15 is 0 Å². The number of carbonyl (C=O) groups is 1. The smallest absolute Gasteiger partial charge is 0.257 e. The summed E-state index contributed by atoms with van der Waals surface area (Å²) in [5, 5.41) is 12.1. The lowest BCUT2D eigenvalue weighted by Gasteiger charge is -2.30. The highest BCUT2D eigenvalue weighted by Crippen LogP contribution is 2.27. The third-order valence-corrected chi connectivity index (χ3v) is 8.10. The van der Waals surface area contributed by atoms with Gasteiger partial charge < -0.3 is 0 Å². The molecule has 1 aliphatic rings. The van der Waals surface area contributed by atoms with E-state index in [9.17, 15) is 13.2 Å². The third-order valence-electron chi connectivity index (χ3n) is 5.29. The van der Waals surface area contributed by atoms with Gasteiger partial charge in [-0.05, 0) is 37.5 Å². The molecule has 0 radical (unpaired) electrons. The topological polar surface area (TPSA) is 92.3 Å². The van der Waals surface area contributed by atoms with Crippen molar-refractivity contribution in [1.82, 2.24) is 14.5 Å². The summed E-state index contributed by atoms with van der Waals surface area (Å²) < 4.78 is 27.6. The maximum absolute atomic E-state index is 13.0. The Morgan fingerprint density at radius 1 is 1.24 bits per heavy atom. The Kier molecular flexibility index (Phi) is 7.37. The molecule has 1 N–H and O–H groups in total. The summed E-state index contributed by atoms with van der Waals surface area (Å²) in [7, 11) is -2.01. The molecule has 1 aromatic carbocycles. The van der Waals surface area contributed by atoms with Crippen LogP contribution in [-0.2, 0) is 16.4 Å². The van der Waals surface area contributed by atoms with E-state index < -0.39 is 10.0 Å². The van der Waals surface area contributed by atoms with E-state index in [0.29, 0.717) is 5.13 Å². The highest BCUT2D eigenvalue weighted by atomic mass is 32.2. The van der Waals surface area contributed by atoms with Gasteiger partial charge >= 0.3 is 0 Å². The summed E-state index contributed by atoms with van der Waals surface area (Å²) in [6, 6.07) is 6.20. The van der Waals surface area contributed by atoms with Gasteiger partial charge in [0, 0.05) is 25.1 Å². The first kappa shape index (κ1) is 21.9. The fraction of sp³-hybridized carbons (Fsp3) is 0.550. The molecule has 1 aromatic heterocycles. The molecule has 1 heterocycles. The molecule has 0 unspecified atom stereocenters. The maximum Gasteiger partial charge on any atom is 0.257 e. The van der Waals surface area contributed by atoms with Gasteiger partial charge in [-0.25, -0.2) is 8.42 Å². The summed E-state index contributed by atoms with van der Waals surface area (Å²) in [5.41, 5.74) is 0.286. The molecule has 0 bridgehead atoms. The molecular formula is C20H28N4O3S2. The van der Waals surface area contributed by atoms with Crippen LogP contribution in [0.4, 0.5) is 5.13 Å². The van der Waals surface area contributed by atoms with Crippen LogP contribution in [0.15, 0.2) is 29.2 Å². The van der Waals surface area contributed by atoms with Crippen LogP contribution < -0.4 is 5.32 Å². The van der Waals surface area contributed by atoms with E-state index in [-0.39, 0.29) is 22.4 Å². The molecule has 1 aliphatic carbocycles. The minimum atomic E-state index is -3.65. The van der Waals surface area contributed by atoms with Gasteiger partial charge in [0.15, 0.2) is 0 Å². The lowest BCUT2D eigenvalue weighted by molar-refractivity contribution is 0.102. The van der Waals surface area contributed by atoms with E-state index in [1.165, 1.54) is 21.7 Å². The molecular weight excluding hydrogens is 408 g/mol. The number of rotatable bonds is 8. The fourth-order valence-corrected chi connectivity index (χ4v) is 5.75. The monoisotopic (exact) mass is 436 g/mol. The average molecular weight is 437 g/mol. The fourth-order valence-electron chi connectivity index (χ4n) is 3.51. The Labute approximate surface area is 176 Å². The Morgan fingerprint density at radius 3 is 2.72 bits per heavy atom. The lowest BCUT2D eigenvalue weighted by atomic mass is 9.96. The van der Waals surface area contributed by atoms with Gasteiger partial charge in [-0.1, -0.05) is 50.0 Å². The zero-order valence-corrected chi connectivity index (χ0v) is 18.6. The van der Waals surface area contributed by atoms with Crippen LogP contribution in [0.25, 0.3) is 0 Å². The Balaban J connectivity index is 1.72. The second-order valence-electron chi connectivity index (χ2n) is 7.40. The van der Waals surface area contributed by atoms with Crippen molar-refractivity contribution in [2.75, 3.05) is 12.4 Å². The molecule has 0 saturated heterocycles. The van der Waals surface area contributed by atoms with Crippen molar-refractivity contribution in [3.63, 3.8) is 0 Å².